The number of nitro benzene ring substituents is 1. The van der Waals surface area contributed by atoms with Gasteiger partial charge in [0.15, 0.2) is 23.3 Å². The zero-order chi connectivity index (χ0) is 14.0. The van der Waals surface area contributed by atoms with E-state index in [0.29, 0.717) is 18.6 Å². The number of benzene rings is 1. The number of oxazole rings is 1. The zero-order valence-electron chi connectivity index (χ0n) is 9.40. The number of aryl methyl sites for hydroxylation is 1. The fourth-order valence-electron chi connectivity index (χ4n) is 1.52. The molecule has 1 aromatic carbocycles. The normalized spacial score (nSPS) is 10.7. The molecule has 0 radical (unpaired) electrons. The molecule has 0 spiro atoms. The number of nitro groups is 1. The maximum atomic E-state index is 13.2. The molecule has 5 nitrogen and oxygen atoms in total. The Morgan fingerprint density at radius 1 is 1.37 bits per heavy atom. The van der Waals surface area contributed by atoms with E-state index in [1.807, 2.05) is 0 Å². The van der Waals surface area contributed by atoms with Gasteiger partial charge in [-0.15, -0.1) is 11.6 Å². The van der Waals surface area contributed by atoms with Crippen molar-refractivity contribution in [1.29, 1.82) is 0 Å². The fraction of sp³-hybridized carbons (Fsp3) is 0.182. The Bertz CT molecular complexity index is 630. The number of hydrogen-bond acceptors (Lipinski definition) is 4. The molecular formula is C11H7ClF2N2O3. The fourth-order valence-corrected chi connectivity index (χ4v) is 1.68. The lowest BCUT2D eigenvalue weighted by Crippen LogP contribution is -1.95. The number of alkyl halides is 1. The minimum absolute atomic E-state index is 0.00860. The maximum absolute atomic E-state index is 13.2. The number of halogens is 3. The molecule has 1 heterocycles. The average Bonchev–Trinajstić information content (AvgIpc) is 2.81. The first-order chi connectivity index (χ1) is 9.02. The molecule has 0 fully saturated rings. The maximum Gasteiger partial charge on any atom is 0.283 e. The smallest absolute Gasteiger partial charge is 0.283 e. The molecule has 0 bridgehead atoms. The molecule has 0 atom stereocenters. The molecule has 19 heavy (non-hydrogen) atoms. The quantitative estimate of drug-likeness (QED) is 0.492. The van der Waals surface area contributed by atoms with E-state index in [0.717, 1.165) is 0 Å². The van der Waals surface area contributed by atoms with Gasteiger partial charge in [-0.25, -0.2) is 13.8 Å². The standard InChI is InChI=1S/C11H7ClF2N2O3/c12-2-1-11-15-5-10(19-11)6-3-7(13)8(14)4-9(6)16(17)18/h3-5H,1-2H2. The lowest BCUT2D eigenvalue weighted by Gasteiger charge is -2.00. The summed E-state index contributed by atoms with van der Waals surface area (Å²) >= 11 is 5.50. The van der Waals surface area contributed by atoms with Crippen molar-refractivity contribution in [2.45, 2.75) is 6.42 Å². The summed E-state index contributed by atoms with van der Waals surface area (Å²) in [6.45, 7) is 0. The Balaban J connectivity index is 2.53. The van der Waals surface area contributed by atoms with E-state index < -0.39 is 22.2 Å². The third-order valence-electron chi connectivity index (χ3n) is 2.36. The summed E-state index contributed by atoms with van der Waals surface area (Å²) in [7, 11) is 0. The van der Waals surface area contributed by atoms with Crippen LogP contribution in [-0.2, 0) is 6.42 Å². The van der Waals surface area contributed by atoms with Gasteiger partial charge in [-0.2, -0.15) is 0 Å². The Kier molecular flexibility index (Phi) is 3.75. The molecule has 0 aliphatic heterocycles. The van der Waals surface area contributed by atoms with E-state index in [9.17, 15) is 18.9 Å². The lowest BCUT2D eigenvalue weighted by molar-refractivity contribution is -0.384. The van der Waals surface area contributed by atoms with E-state index >= 15 is 0 Å². The third kappa shape index (κ3) is 2.70. The predicted octanol–water partition coefficient (Wildman–Crippen LogP) is 3.31. The second kappa shape index (κ2) is 5.31. The topological polar surface area (TPSA) is 69.2 Å². The van der Waals surface area contributed by atoms with Crippen LogP contribution in [0.5, 0.6) is 0 Å². The Hall–Kier alpha value is -2.02. The van der Waals surface area contributed by atoms with Gasteiger partial charge >= 0.3 is 0 Å². The van der Waals surface area contributed by atoms with Crippen LogP contribution in [0.2, 0.25) is 0 Å². The Labute approximate surface area is 111 Å². The Morgan fingerprint density at radius 2 is 2.05 bits per heavy atom. The SMILES string of the molecule is O=[N+]([O-])c1cc(F)c(F)cc1-c1cnc(CCCl)o1. The minimum Gasteiger partial charge on any atom is -0.440 e. The van der Waals surface area contributed by atoms with Crippen LogP contribution in [0.3, 0.4) is 0 Å². The van der Waals surface area contributed by atoms with Crippen molar-refractivity contribution in [1.82, 2.24) is 4.98 Å². The summed E-state index contributed by atoms with van der Waals surface area (Å²) in [6.07, 6.45) is 1.54. The third-order valence-corrected chi connectivity index (χ3v) is 2.55. The second-order valence-electron chi connectivity index (χ2n) is 3.60. The van der Waals surface area contributed by atoms with Crippen LogP contribution in [0.4, 0.5) is 14.5 Å². The molecule has 0 unspecified atom stereocenters. The van der Waals surface area contributed by atoms with Gasteiger partial charge in [0.2, 0.25) is 0 Å². The highest BCUT2D eigenvalue weighted by molar-refractivity contribution is 6.17. The average molecular weight is 289 g/mol. The zero-order valence-corrected chi connectivity index (χ0v) is 10.2. The lowest BCUT2D eigenvalue weighted by atomic mass is 10.1. The molecule has 0 aliphatic rings. The van der Waals surface area contributed by atoms with Crippen molar-refractivity contribution in [3.05, 3.63) is 46.0 Å². The van der Waals surface area contributed by atoms with Gasteiger partial charge < -0.3 is 4.42 Å². The van der Waals surface area contributed by atoms with Crippen molar-refractivity contribution < 1.29 is 18.1 Å². The van der Waals surface area contributed by atoms with Crippen molar-refractivity contribution in [2.24, 2.45) is 0 Å². The highest BCUT2D eigenvalue weighted by atomic mass is 35.5. The van der Waals surface area contributed by atoms with Crippen LogP contribution in [0, 0.1) is 21.7 Å². The van der Waals surface area contributed by atoms with E-state index in [4.69, 9.17) is 16.0 Å². The molecule has 0 aliphatic carbocycles. The molecule has 1 aromatic heterocycles. The van der Waals surface area contributed by atoms with E-state index in [-0.39, 0.29) is 23.1 Å². The number of hydrogen-bond donors (Lipinski definition) is 0. The van der Waals surface area contributed by atoms with E-state index in [1.54, 1.807) is 0 Å². The number of rotatable bonds is 4. The highest BCUT2D eigenvalue weighted by Gasteiger charge is 2.22. The first-order valence-corrected chi connectivity index (χ1v) is 5.71. The molecule has 0 amide bonds. The Morgan fingerprint density at radius 3 is 2.68 bits per heavy atom. The minimum atomic E-state index is -1.30. The second-order valence-corrected chi connectivity index (χ2v) is 3.98. The van der Waals surface area contributed by atoms with E-state index in [1.165, 1.54) is 6.20 Å². The highest BCUT2D eigenvalue weighted by Crippen LogP contribution is 2.32. The van der Waals surface area contributed by atoms with Gasteiger partial charge in [-0.05, 0) is 6.07 Å². The molecule has 0 saturated carbocycles. The molecule has 0 N–H and O–H groups in total. The van der Waals surface area contributed by atoms with Crippen LogP contribution in [0.1, 0.15) is 5.89 Å². The summed E-state index contributed by atoms with van der Waals surface area (Å²) in [4.78, 5) is 13.9. The van der Waals surface area contributed by atoms with Crippen LogP contribution in [0.15, 0.2) is 22.7 Å². The monoisotopic (exact) mass is 288 g/mol. The number of nitrogens with zero attached hydrogens (tertiary/aromatic N) is 2. The van der Waals surface area contributed by atoms with Crippen LogP contribution in [0.25, 0.3) is 11.3 Å². The van der Waals surface area contributed by atoms with Crippen LogP contribution >= 0.6 is 11.6 Å². The van der Waals surface area contributed by atoms with E-state index in [2.05, 4.69) is 4.98 Å². The van der Waals surface area contributed by atoms with Crippen LogP contribution < -0.4 is 0 Å². The van der Waals surface area contributed by atoms with Crippen molar-refractivity contribution in [3.8, 4) is 11.3 Å². The molecule has 0 saturated heterocycles. The molecular weight excluding hydrogens is 282 g/mol. The van der Waals surface area contributed by atoms with Gasteiger partial charge in [0.05, 0.1) is 22.7 Å². The molecule has 2 rings (SSSR count). The summed E-state index contributed by atoms with van der Waals surface area (Å²) < 4.78 is 31.4. The molecule has 100 valence electrons. The first kappa shape index (κ1) is 13.4. The number of aromatic nitrogens is 1. The van der Waals surface area contributed by atoms with Gasteiger partial charge in [-0.3, -0.25) is 10.1 Å². The molecule has 8 heteroatoms. The summed E-state index contributed by atoms with van der Waals surface area (Å²) in [5.41, 5.74) is -0.760. The molecule has 2 aromatic rings. The summed E-state index contributed by atoms with van der Waals surface area (Å²) in [5, 5.41) is 10.8. The van der Waals surface area contributed by atoms with Gasteiger partial charge in [-0.1, -0.05) is 0 Å². The van der Waals surface area contributed by atoms with Crippen molar-refractivity contribution in [2.75, 3.05) is 5.88 Å². The first-order valence-electron chi connectivity index (χ1n) is 5.17. The van der Waals surface area contributed by atoms with Gasteiger partial charge in [0.1, 0.15) is 0 Å². The van der Waals surface area contributed by atoms with Gasteiger partial charge in [0, 0.05) is 12.3 Å². The summed E-state index contributed by atoms with van der Waals surface area (Å²) in [5.74, 6) is -1.97. The van der Waals surface area contributed by atoms with Crippen LogP contribution in [-0.4, -0.2) is 15.8 Å². The largest absolute Gasteiger partial charge is 0.440 e. The van der Waals surface area contributed by atoms with Crippen molar-refractivity contribution >= 4 is 17.3 Å². The summed E-state index contributed by atoms with van der Waals surface area (Å²) in [6, 6.07) is 1.22. The van der Waals surface area contributed by atoms with Crippen molar-refractivity contribution in [3.63, 3.8) is 0 Å². The van der Waals surface area contributed by atoms with Gasteiger partial charge in [0.25, 0.3) is 5.69 Å². The predicted molar refractivity (Wildman–Crippen MR) is 62.9 cm³/mol.